The molecule has 0 heterocycles. The Morgan fingerprint density at radius 2 is 1.94 bits per heavy atom. The molecule has 0 saturated heterocycles. The number of methoxy groups -OCH3 is 1. The smallest absolute Gasteiger partial charge is 0.0719 e. The Hall–Kier alpha value is -0.900. The average Bonchev–Trinajstić information content (AvgIpc) is 2.36. The molecule has 1 aliphatic rings. The van der Waals surface area contributed by atoms with Crippen LogP contribution in [-0.4, -0.2) is 25.9 Å². The molecule has 18 heavy (non-hydrogen) atoms. The van der Waals surface area contributed by atoms with E-state index in [0.29, 0.717) is 18.8 Å². The van der Waals surface area contributed by atoms with Crippen LogP contribution >= 0.6 is 0 Å². The summed E-state index contributed by atoms with van der Waals surface area (Å²) in [5.74, 6) is 0. The molecule has 1 N–H and O–H groups in total. The molecule has 3 nitrogen and oxygen atoms in total. The maximum atomic E-state index is 5.49. The summed E-state index contributed by atoms with van der Waals surface area (Å²) in [6.45, 7) is 4.42. The van der Waals surface area contributed by atoms with E-state index in [4.69, 9.17) is 9.47 Å². The monoisotopic (exact) mass is 249 g/mol. The van der Waals surface area contributed by atoms with E-state index in [1.807, 2.05) is 6.92 Å². The van der Waals surface area contributed by atoms with E-state index in [2.05, 4.69) is 29.6 Å². The first kappa shape index (κ1) is 13.5. The van der Waals surface area contributed by atoms with Gasteiger partial charge in [0.05, 0.1) is 12.7 Å². The van der Waals surface area contributed by atoms with Crippen molar-refractivity contribution in [2.24, 2.45) is 0 Å². The SMILES string of the molecule is CCOCc1ccccc1CNC1CC(OC)C1. The van der Waals surface area contributed by atoms with Crippen molar-refractivity contribution >= 4 is 0 Å². The fourth-order valence-electron chi connectivity index (χ4n) is 2.26. The molecule has 0 atom stereocenters. The third kappa shape index (κ3) is 3.55. The normalized spacial score (nSPS) is 22.8. The lowest BCUT2D eigenvalue weighted by atomic mass is 9.89. The van der Waals surface area contributed by atoms with Crippen LogP contribution in [0.2, 0.25) is 0 Å². The maximum Gasteiger partial charge on any atom is 0.0719 e. The van der Waals surface area contributed by atoms with Crippen molar-refractivity contribution in [3.05, 3.63) is 35.4 Å². The molecule has 1 aromatic rings. The van der Waals surface area contributed by atoms with Crippen molar-refractivity contribution in [3.63, 3.8) is 0 Å². The molecule has 0 bridgehead atoms. The van der Waals surface area contributed by atoms with Crippen molar-refractivity contribution in [2.45, 2.75) is 45.1 Å². The van der Waals surface area contributed by atoms with Gasteiger partial charge in [0.15, 0.2) is 0 Å². The van der Waals surface area contributed by atoms with Crippen LogP contribution in [0.15, 0.2) is 24.3 Å². The molecule has 1 aromatic carbocycles. The quantitative estimate of drug-likeness (QED) is 0.805. The first-order valence-electron chi connectivity index (χ1n) is 6.74. The third-order valence-corrected chi connectivity index (χ3v) is 3.59. The summed E-state index contributed by atoms with van der Waals surface area (Å²) in [4.78, 5) is 0. The summed E-state index contributed by atoms with van der Waals surface area (Å²) in [6, 6.07) is 9.09. The predicted octanol–water partition coefficient (Wildman–Crippen LogP) is 2.49. The number of hydrogen-bond acceptors (Lipinski definition) is 3. The summed E-state index contributed by atoms with van der Waals surface area (Å²) < 4.78 is 10.8. The van der Waals surface area contributed by atoms with Crippen LogP contribution in [0.1, 0.15) is 30.9 Å². The number of nitrogens with one attached hydrogen (secondary N) is 1. The Bertz CT molecular complexity index is 361. The Morgan fingerprint density at radius 3 is 2.61 bits per heavy atom. The number of rotatable bonds is 7. The standard InChI is InChI=1S/C15H23NO2/c1-3-18-11-13-7-5-4-6-12(13)10-16-14-8-15(9-14)17-2/h4-7,14-16H,3,8-11H2,1-2H3. The minimum absolute atomic E-state index is 0.459. The predicted molar refractivity (Wildman–Crippen MR) is 72.4 cm³/mol. The molecule has 3 heteroatoms. The second-order valence-corrected chi connectivity index (χ2v) is 4.81. The van der Waals surface area contributed by atoms with E-state index in [1.165, 1.54) is 11.1 Å². The lowest BCUT2D eigenvalue weighted by Gasteiger charge is -2.35. The molecule has 0 amide bonds. The lowest BCUT2D eigenvalue weighted by molar-refractivity contribution is 0.0169. The van der Waals surface area contributed by atoms with E-state index in [-0.39, 0.29) is 0 Å². The van der Waals surface area contributed by atoms with E-state index >= 15 is 0 Å². The van der Waals surface area contributed by atoms with E-state index in [0.717, 1.165) is 26.0 Å². The molecule has 0 radical (unpaired) electrons. The Morgan fingerprint density at radius 1 is 1.22 bits per heavy atom. The molecule has 1 fully saturated rings. The topological polar surface area (TPSA) is 30.5 Å². The highest BCUT2D eigenvalue weighted by molar-refractivity contribution is 5.26. The van der Waals surface area contributed by atoms with Gasteiger partial charge in [0.25, 0.3) is 0 Å². The molecule has 1 aliphatic carbocycles. The number of hydrogen-bond donors (Lipinski definition) is 1. The summed E-state index contributed by atoms with van der Waals surface area (Å²) in [7, 11) is 1.79. The molecule has 0 aromatic heterocycles. The van der Waals surface area contributed by atoms with Gasteiger partial charge in [-0.2, -0.15) is 0 Å². The van der Waals surface area contributed by atoms with Gasteiger partial charge in [-0.3, -0.25) is 0 Å². The fraction of sp³-hybridized carbons (Fsp3) is 0.600. The van der Waals surface area contributed by atoms with Gasteiger partial charge in [-0.05, 0) is 30.9 Å². The van der Waals surface area contributed by atoms with Gasteiger partial charge < -0.3 is 14.8 Å². The Labute approximate surface area is 109 Å². The average molecular weight is 249 g/mol. The van der Waals surface area contributed by atoms with Crippen molar-refractivity contribution < 1.29 is 9.47 Å². The van der Waals surface area contributed by atoms with Crippen molar-refractivity contribution in [1.29, 1.82) is 0 Å². The van der Waals surface area contributed by atoms with Crippen LogP contribution in [0.3, 0.4) is 0 Å². The summed E-state index contributed by atoms with van der Waals surface area (Å²) in [6.07, 6.45) is 2.72. The van der Waals surface area contributed by atoms with E-state index < -0.39 is 0 Å². The highest BCUT2D eigenvalue weighted by Crippen LogP contribution is 2.23. The van der Waals surface area contributed by atoms with Gasteiger partial charge in [-0.1, -0.05) is 24.3 Å². The highest BCUT2D eigenvalue weighted by atomic mass is 16.5. The summed E-state index contributed by atoms with van der Waals surface area (Å²) in [5, 5.41) is 3.58. The summed E-state index contributed by atoms with van der Waals surface area (Å²) >= 11 is 0. The van der Waals surface area contributed by atoms with E-state index in [1.54, 1.807) is 7.11 Å². The van der Waals surface area contributed by atoms with E-state index in [9.17, 15) is 0 Å². The van der Waals surface area contributed by atoms with Crippen LogP contribution in [-0.2, 0) is 22.6 Å². The molecule has 100 valence electrons. The first-order valence-corrected chi connectivity index (χ1v) is 6.74. The second kappa shape index (κ2) is 6.88. The third-order valence-electron chi connectivity index (χ3n) is 3.59. The molecule has 0 aliphatic heterocycles. The largest absolute Gasteiger partial charge is 0.381 e. The lowest BCUT2D eigenvalue weighted by Crippen LogP contribution is -2.44. The van der Waals surface area contributed by atoms with Crippen LogP contribution in [0, 0.1) is 0 Å². The first-order chi connectivity index (χ1) is 8.83. The highest BCUT2D eigenvalue weighted by Gasteiger charge is 2.28. The number of benzene rings is 1. The van der Waals surface area contributed by atoms with Crippen molar-refractivity contribution in [3.8, 4) is 0 Å². The van der Waals surface area contributed by atoms with Gasteiger partial charge in [0, 0.05) is 26.3 Å². The van der Waals surface area contributed by atoms with Crippen molar-refractivity contribution in [2.75, 3.05) is 13.7 Å². The van der Waals surface area contributed by atoms with Crippen LogP contribution in [0.25, 0.3) is 0 Å². The second-order valence-electron chi connectivity index (χ2n) is 4.81. The zero-order valence-corrected chi connectivity index (χ0v) is 11.3. The zero-order chi connectivity index (χ0) is 12.8. The Kier molecular flexibility index (Phi) is 5.17. The molecular weight excluding hydrogens is 226 g/mol. The zero-order valence-electron chi connectivity index (χ0n) is 11.3. The van der Waals surface area contributed by atoms with Gasteiger partial charge in [0.2, 0.25) is 0 Å². The van der Waals surface area contributed by atoms with Gasteiger partial charge >= 0.3 is 0 Å². The molecule has 0 unspecified atom stereocenters. The van der Waals surface area contributed by atoms with Gasteiger partial charge in [0.1, 0.15) is 0 Å². The van der Waals surface area contributed by atoms with Crippen molar-refractivity contribution in [1.82, 2.24) is 5.32 Å². The van der Waals surface area contributed by atoms with Gasteiger partial charge in [-0.15, -0.1) is 0 Å². The Balaban J connectivity index is 1.81. The molecule has 0 spiro atoms. The number of ether oxygens (including phenoxy) is 2. The molecule has 1 saturated carbocycles. The maximum absolute atomic E-state index is 5.49. The molecule has 2 rings (SSSR count). The fourth-order valence-corrected chi connectivity index (χ4v) is 2.26. The van der Waals surface area contributed by atoms with Gasteiger partial charge in [-0.25, -0.2) is 0 Å². The van der Waals surface area contributed by atoms with Crippen LogP contribution in [0.4, 0.5) is 0 Å². The minimum atomic E-state index is 0.459. The van der Waals surface area contributed by atoms with Crippen LogP contribution < -0.4 is 5.32 Å². The summed E-state index contributed by atoms with van der Waals surface area (Å²) in [5.41, 5.74) is 2.63. The molecular formula is C15H23NO2. The minimum Gasteiger partial charge on any atom is -0.381 e. The van der Waals surface area contributed by atoms with Crippen LogP contribution in [0.5, 0.6) is 0 Å².